The van der Waals surface area contributed by atoms with E-state index in [2.05, 4.69) is 10.2 Å². The van der Waals surface area contributed by atoms with E-state index in [9.17, 15) is 19.2 Å². The molecular formula is C16H26N2O6. The molecule has 0 aromatic carbocycles. The summed E-state index contributed by atoms with van der Waals surface area (Å²) in [5.41, 5.74) is -0.165. The Hall–Kier alpha value is -1.96. The maximum atomic E-state index is 11.6. The molecule has 0 aliphatic carbocycles. The normalized spacial score (nSPS) is 14.9. The highest BCUT2D eigenvalue weighted by Crippen LogP contribution is 2.13. The average Bonchev–Trinajstić information content (AvgIpc) is 2.79. The fraction of sp³-hybridized carbons (Fsp3) is 0.750. The van der Waals surface area contributed by atoms with Crippen LogP contribution in [0.3, 0.4) is 0 Å². The number of unbranched alkanes of at least 4 members (excludes halogenated alkanes) is 1. The van der Waals surface area contributed by atoms with E-state index in [1.54, 1.807) is 0 Å². The predicted molar refractivity (Wildman–Crippen MR) is 84.4 cm³/mol. The quantitative estimate of drug-likeness (QED) is 0.497. The first-order chi connectivity index (χ1) is 11.2. The molecule has 0 bridgehead atoms. The van der Waals surface area contributed by atoms with E-state index in [-0.39, 0.29) is 37.2 Å². The number of hydrogen-bond donors (Lipinski definition) is 1. The zero-order valence-corrected chi connectivity index (χ0v) is 14.6. The van der Waals surface area contributed by atoms with E-state index in [4.69, 9.17) is 4.74 Å². The number of amides is 3. The molecule has 0 atom stereocenters. The number of nitrogens with zero attached hydrogens (tertiary/aromatic N) is 1. The van der Waals surface area contributed by atoms with Crippen LogP contribution in [0.2, 0.25) is 0 Å². The first-order valence-electron chi connectivity index (χ1n) is 8.16. The number of imide groups is 1. The SMILES string of the molecule is CC(C)(C)OCCCCNC(=O)CCC(=O)ON1C(=O)CCC1=O. The summed E-state index contributed by atoms with van der Waals surface area (Å²) in [5.74, 6) is -2.11. The Balaban J connectivity index is 2.08. The molecule has 1 saturated heterocycles. The van der Waals surface area contributed by atoms with Gasteiger partial charge >= 0.3 is 5.97 Å². The summed E-state index contributed by atoms with van der Waals surface area (Å²) in [5, 5.41) is 3.18. The Labute approximate surface area is 141 Å². The molecule has 0 saturated carbocycles. The van der Waals surface area contributed by atoms with Crippen molar-refractivity contribution in [1.82, 2.24) is 10.4 Å². The number of rotatable bonds is 9. The molecule has 1 rings (SSSR count). The maximum absolute atomic E-state index is 11.6. The van der Waals surface area contributed by atoms with Crippen LogP contribution < -0.4 is 5.32 Å². The highest BCUT2D eigenvalue weighted by atomic mass is 16.7. The van der Waals surface area contributed by atoms with Gasteiger partial charge in [-0.1, -0.05) is 0 Å². The zero-order valence-electron chi connectivity index (χ0n) is 14.6. The highest BCUT2D eigenvalue weighted by Gasteiger charge is 2.32. The summed E-state index contributed by atoms with van der Waals surface area (Å²) < 4.78 is 5.56. The van der Waals surface area contributed by atoms with Gasteiger partial charge in [-0.25, -0.2) is 4.79 Å². The molecule has 136 valence electrons. The van der Waals surface area contributed by atoms with Crippen molar-refractivity contribution < 1.29 is 28.8 Å². The minimum atomic E-state index is -0.771. The second-order valence-electron chi connectivity index (χ2n) is 6.56. The third-order valence-corrected chi connectivity index (χ3v) is 3.18. The van der Waals surface area contributed by atoms with Crippen molar-refractivity contribution in [3.63, 3.8) is 0 Å². The molecule has 1 N–H and O–H groups in total. The number of ether oxygens (including phenoxy) is 1. The van der Waals surface area contributed by atoms with Gasteiger partial charge in [0, 0.05) is 32.4 Å². The van der Waals surface area contributed by atoms with Crippen LogP contribution in [-0.4, -0.2) is 47.5 Å². The van der Waals surface area contributed by atoms with Crippen LogP contribution in [-0.2, 0) is 28.8 Å². The molecule has 8 heteroatoms. The second-order valence-corrected chi connectivity index (χ2v) is 6.56. The summed E-state index contributed by atoms with van der Waals surface area (Å²) in [6.45, 7) is 7.08. The van der Waals surface area contributed by atoms with Crippen molar-refractivity contribution in [2.45, 2.75) is 64.9 Å². The molecule has 0 aromatic heterocycles. The van der Waals surface area contributed by atoms with Crippen molar-refractivity contribution in [3.05, 3.63) is 0 Å². The number of carbonyl (C=O) groups excluding carboxylic acids is 4. The molecule has 0 unspecified atom stereocenters. The second kappa shape index (κ2) is 9.36. The van der Waals surface area contributed by atoms with Gasteiger partial charge in [0.1, 0.15) is 0 Å². The lowest BCUT2D eigenvalue weighted by molar-refractivity contribution is -0.197. The molecule has 1 heterocycles. The summed E-state index contributed by atoms with van der Waals surface area (Å²) >= 11 is 0. The van der Waals surface area contributed by atoms with Gasteiger partial charge in [0.05, 0.1) is 12.0 Å². The Morgan fingerprint density at radius 1 is 1.08 bits per heavy atom. The summed E-state index contributed by atoms with van der Waals surface area (Å²) in [6, 6.07) is 0. The molecule has 3 amide bonds. The molecule has 1 fully saturated rings. The molecule has 0 spiro atoms. The summed E-state index contributed by atoms with van der Waals surface area (Å²) in [6.07, 6.45) is 1.47. The van der Waals surface area contributed by atoms with Crippen LogP contribution in [0.25, 0.3) is 0 Å². The largest absolute Gasteiger partial charge is 0.376 e. The van der Waals surface area contributed by atoms with E-state index >= 15 is 0 Å². The van der Waals surface area contributed by atoms with Gasteiger partial charge in [0.2, 0.25) is 5.91 Å². The average molecular weight is 342 g/mol. The van der Waals surface area contributed by atoms with Gasteiger partial charge in [-0.2, -0.15) is 0 Å². The fourth-order valence-electron chi connectivity index (χ4n) is 1.94. The topological polar surface area (TPSA) is 102 Å². The Bertz CT molecular complexity index is 467. The monoisotopic (exact) mass is 342 g/mol. The summed E-state index contributed by atoms with van der Waals surface area (Å²) in [4.78, 5) is 50.4. The van der Waals surface area contributed by atoms with Gasteiger partial charge in [-0.15, -0.1) is 5.06 Å². The number of hydrogen-bond acceptors (Lipinski definition) is 6. The molecule has 24 heavy (non-hydrogen) atoms. The van der Waals surface area contributed by atoms with Crippen molar-refractivity contribution in [2.24, 2.45) is 0 Å². The van der Waals surface area contributed by atoms with E-state index in [0.29, 0.717) is 18.2 Å². The van der Waals surface area contributed by atoms with E-state index in [1.807, 2.05) is 20.8 Å². The van der Waals surface area contributed by atoms with E-state index < -0.39 is 17.8 Å². The van der Waals surface area contributed by atoms with Crippen molar-refractivity contribution in [2.75, 3.05) is 13.2 Å². The number of carbonyl (C=O) groups is 4. The standard InChI is InChI=1S/C16H26N2O6/c1-16(2,3)23-11-5-4-10-17-12(19)6-9-15(22)24-18-13(20)7-8-14(18)21/h4-11H2,1-3H3,(H,17,19). The first kappa shape index (κ1) is 20.1. The van der Waals surface area contributed by atoms with Gasteiger partial charge in [0.15, 0.2) is 0 Å². The third-order valence-electron chi connectivity index (χ3n) is 3.18. The highest BCUT2D eigenvalue weighted by molar-refractivity contribution is 6.01. The maximum Gasteiger partial charge on any atom is 0.333 e. The van der Waals surface area contributed by atoms with E-state index in [0.717, 1.165) is 12.8 Å². The minimum absolute atomic E-state index is 0.0472. The third kappa shape index (κ3) is 8.05. The Kier molecular flexibility index (Phi) is 7.84. The molecule has 0 aromatic rings. The smallest absolute Gasteiger partial charge is 0.333 e. The van der Waals surface area contributed by atoms with Crippen LogP contribution in [0.1, 0.15) is 59.3 Å². The molecular weight excluding hydrogens is 316 g/mol. The van der Waals surface area contributed by atoms with Crippen molar-refractivity contribution in [1.29, 1.82) is 0 Å². The van der Waals surface area contributed by atoms with Crippen molar-refractivity contribution >= 4 is 23.7 Å². The van der Waals surface area contributed by atoms with Crippen molar-refractivity contribution in [3.8, 4) is 0 Å². The molecule has 1 aliphatic rings. The van der Waals surface area contributed by atoms with Crippen LogP contribution >= 0.6 is 0 Å². The van der Waals surface area contributed by atoms with Gasteiger partial charge < -0.3 is 14.9 Å². The Morgan fingerprint density at radius 2 is 1.71 bits per heavy atom. The zero-order chi connectivity index (χ0) is 18.2. The fourth-order valence-corrected chi connectivity index (χ4v) is 1.94. The van der Waals surface area contributed by atoms with Crippen LogP contribution in [0.15, 0.2) is 0 Å². The van der Waals surface area contributed by atoms with Gasteiger partial charge in [0.25, 0.3) is 11.8 Å². The lowest BCUT2D eigenvalue weighted by Gasteiger charge is -2.19. The number of hydroxylamine groups is 2. The predicted octanol–water partition coefficient (Wildman–Crippen LogP) is 1.09. The first-order valence-corrected chi connectivity index (χ1v) is 8.16. The number of nitrogens with one attached hydrogen (secondary N) is 1. The Morgan fingerprint density at radius 3 is 2.29 bits per heavy atom. The lowest BCUT2D eigenvalue weighted by atomic mass is 10.2. The molecule has 1 aliphatic heterocycles. The molecule has 8 nitrogen and oxygen atoms in total. The van der Waals surface area contributed by atoms with E-state index in [1.165, 1.54) is 0 Å². The lowest BCUT2D eigenvalue weighted by Crippen LogP contribution is -2.32. The van der Waals surface area contributed by atoms with Crippen LogP contribution in [0.4, 0.5) is 0 Å². The summed E-state index contributed by atoms with van der Waals surface area (Å²) in [7, 11) is 0. The van der Waals surface area contributed by atoms with Crippen LogP contribution in [0, 0.1) is 0 Å². The van der Waals surface area contributed by atoms with Crippen LogP contribution in [0.5, 0.6) is 0 Å². The minimum Gasteiger partial charge on any atom is -0.376 e. The van der Waals surface area contributed by atoms with Gasteiger partial charge in [-0.3, -0.25) is 14.4 Å². The molecule has 0 radical (unpaired) electrons. The van der Waals surface area contributed by atoms with Gasteiger partial charge in [-0.05, 0) is 33.6 Å².